The molecule has 0 radical (unpaired) electrons. The third kappa shape index (κ3) is 3.04. The van der Waals surface area contributed by atoms with Crippen LogP contribution in [0.1, 0.15) is 23.0 Å². The van der Waals surface area contributed by atoms with Gasteiger partial charge in [0.2, 0.25) is 0 Å². The monoisotopic (exact) mass is 260 g/mol. The van der Waals surface area contributed by atoms with Crippen LogP contribution in [0.25, 0.3) is 0 Å². The Morgan fingerprint density at radius 1 is 1.42 bits per heavy atom. The molecule has 0 aliphatic carbocycles. The first-order valence-corrected chi connectivity index (χ1v) is 5.92. The van der Waals surface area contributed by atoms with Crippen LogP contribution in [0.15, 0.2) is 24.3 Å². The summed E-state index contributed by atoms with van der Waals surface area (Å²) in [7, 11) is 1.53. The number of aromatic amines is 1. The third-order valence-electron chi connectivity index (χ3n) is 2.68. The van der Waals surface area contributed by atoms with Crippen molar-refractivity contribution in [1.29, 1.82) is 0 Å². The number of carbonyl (C=O) groups is 1. The highest BCUT2D eigenvalue weighted by molar-refractivity contribution is 6.04. The average Bonchev–Trinajstić information content (AvgIpc) is 2.85. The van der Waals surface area contributed by atoms with E-state index in [0.717, 1.165) is 12.1 Å². The number of rotatable bonds is 4. The van der Waals surface area contributed by atoms with Crippen LogP contribution in [-0.4, -0.2) is 23.2 Å². The highest BCUT2D eigenvalue weighted by atomic mass is 16.5. The van der Waals surface area contributed by atoms with E-state index < -0.39 is 0 Å². The Labute approximate surface area is 111 Å². The summed E-state index contributed by atoms with van der Waals surface area (Å²) in [5.74, 6) is 0.754. The number of carbonyl (C=O) groups excluding carboxylic acids is 1. The van der Waals surface area contributed by atoms with Gasteiger partial charge in [0.25, 0.3) is 5.91 Å². The van der Waals surface area contributed by atoms with Crippen LogP contribution >= 0.6 is 0 Å². The fourth-order valence-electron chi connectivity index (χ4n) is 1.67. The number of benzene rings is 1. The lowest BCUT2D eigenvalue weighted by Gasteiger charge is -2.06. The molecule has 19 heavy (non-hydrogen) atoms. The van der Waals surface area contributed by atoms with Crippen molar-refractivity contribution < 1.29 is 9.53 Å². The predicted molar refractivity (Wildman–Crippen MR) is 73.3 cm³/mol. The molecule has 1 aromatic carbocycles. The molecule has 0 saturated heterocycles. The first kappa shape index (κ1) is 12.9. The second-order valence-electron chi connectivity index (χ2n) is 4.08. The molecule has 2 aromatic rings. The predicted octanol–water partition coefficient (Wildman–Crippen LogP) is 1.82. The number of hydrogen-bond donors (Lipinski definition) is 3. The van der Waals surface area contributed by atoms with Gasteiger partial charge < -0.3 is 15.8 Å². The summed E-state index contributed by atoms with van der Waals surface area (Å²) in [5.41, 5.74) is 7.57. The Hall–Kier alpha value is -2.50. The van der Waals surface area contributed by atoms with Crippen molar-refractivity contribution in [2.24, 2.45) is 0 Å². The van der Waals surface area contributed by atoms with Crippen LogP contribution in [0.4, 0.5) is 11.5 Å². The van der Waals surface area contributed by atoms with Crippen LogP contribution < -0.4 is 15.8 Å². The Morgan fingerprint density at radius 3 is 2.84 bits per heavy atom. The number of aryl methyl sites for hydroxylation is 1. The third-order valence-corrected chi connectivity index (χ3v) is 2.68. The van der Waals surface area contributed by atoms with Crippen LogP contribution in [0, 0.1) is 0 Å². The Morgan fingerprint density at radius 2 is 2.21 bits per heavy atom. The summed E-state index contributed by atoms with van der Waals surface area (Å²) in [6, 6.07) is 6.66. The number of nitrogens with two attached hydrogens (primary N) is 1. The summed E-state index contributed by atoms with van der Waals surface area (Å²) in [6.07, 6.45) is 0.828. The van der Waals surface area contributed by atoms with E-state index in [9.17, 15) is 4.79 Å². The van der Waals surface area contributed by atoms with Gasteiger partial charge in [0.15, 0.2) is 5.82 Å². The van der Waals surface area contributed by atoms with Gasteiger partial charge in [-0.1, -0.05) is 6.92 Å². The smallest absolute Gasteiger partial charge is 0.257 e. The number of nitrogens with one attached hydrogen (secondary N) is 2. The van der Waals surface area contributed by atoms with Crippen molar-refractivity contribution in [2.45, 2.75) is 13.3 Å². The van der Waals surface area contributed by atoms with Crippen LogP contribution in [0.2, 0.25) is 0 Å². The molecule has 100 valence electrons. The molecule has 6 nitrogen and oxygen atoms in total. The fraction of sp³-hybridized carbons (Fsp3) is 0.231. The number of methoxy groups -OCH3 is 1. The summed E-state index contributed by atoms with van der Waals surface area (Å²) in [4.78, 5) is 12.1. The van der Waals surface area contributed by atoms with Gasteiger partial charge in [0, 0.05) is 29.1 Å². The summed E-state index contributed by atoms with van der Waals surface area (Å²) in [6.45, 7) is 2.00. The van der Waals surface area contributed by atoms with Crippen molar-refractivity contribution in [3.63, 3.8) is 0 Å². The maximum absolute atomic E-state index is 12.1. The van der Waals surface area contributed by atoms with Crippen molar-refractivity contribution in [2.75, 3.05) is 18.2 Å². The quantitative estimate of drug-likeness (QED) is 0.731. The molecule has 1 heterocycles. The second-order valence-corrected chi connectivity index (χ2v) is 4.08. The number of amides is 1. The first-order chi connectivity index (χ1) is 9.12. The lowest BCUT2D eigenvalue weighted by atomic mass is 10.1. The van der Waals surface area contributed by atoms with E-state index in [4.69, 9.17) is 10.5 Å². The molecule has 1 amide bonds. The number of anilines is 2. The van der Waals surface area contributed by atoms with Gasteiger partial charge in [0.05, 0.1) is 7.11 Å². The Bertz CT molecular complexity index is 592. The Kier molecular flexibility index (Phi) is 3.70. The maximum Gasteiger partial charge on any atom is 0.257 e. The van der Waals surface area contributed by atoms with E-state index in [1.54, 1.807) is 24.3 Å². The molecular formula is C13H16N4O2. The second kappa shape index (κ2) is 5.43. The lowest BCUT2D eigenvalue weighted by Crippen LogP contribution is -2.12. The number of H-pyrrole nitrogens is 1. The molecule has 0 aliphatic heterocycles. The summed E-state index contributed by atoms with van der Waals surface area (Å²) in [5, 5.41) is 9.53. The highest BCUT2D eigenvalue weighted by Crippen LogP contribution is 2.19. The number of hydrogen-bond acceptors (Lipinski definition) is 4. The molecule has 0 fully saturated rings. The van der Waals surface area contributed by atoms with Gasteiger partial charge in [0.1, 0.15) is 5.75 Å². The standard InChI is InChI=1S/C13H16N4O2/c1-3-10-7-12(17-16-10)15-13(18)8-4-9(14)6-11(5-8)19-2/h4-7H,3,14H2,1-2H3,(H2,15,16,17,18). The van der Waals surface area contributed by atoms with Crippen LogP contribution in [-0.2, 0) is 6.42 Å². The molecule has 6 heteroatoms. The molecule has 0 aliphatic rings. The number of nitrogen functional groups attached to an aromatic ring is 1. The molecule has 2 rings (SSSR count). The van der Waals surface area contributed by atoms with Crippen molar-refractivity contribution >= 4 is 17.4 Å². The number of nitrogens with zero attached hydrogens (tertiary/aromatic N) is 1. The van der Waals surface area contributed by atoms with Crippen molar-refractivity contribution in [1.82, 2.24) is 10.2 Å². The van der Waals surface area contributed by atoms with Crippen molar-refractivity contribution in [3.8, 4) is 5.75 Å². The summed E-state index contributed by atoms with van der Waals surface area (Å²) < 4.78 is 5.08. The van der Waals surface area contributed by atoms with Gasteiger partial charge in [-0.05, 0) is 18.6 Å². The van der Waals surface area contributed by atoms with Gasteiger partial charge in [-0.15, -0.1) is 0 Å². The minimum atomic E-state index is -0.278. The summed E-state index contributed by atoms with van der Waals surface area (Å²) >= 11 is 0. The molecule has 0 unspecified atom stereocenters. The zero-order valence-electron chi connectivity index (χ0n) is 10.9. The molecule has 0 saturated carbocycles. The van der Waals surface area contributed by atoms with Crippen molar-refractivity contribution in [3.05, 3.63) is 35.5 Å². The zero-order chi connectivity index (χ0) is 13.8. The first-order valence-electron chi connectivity index (χ1n) is 5.92. The largest absolute Gasteiger partial charge is 0.497 e. The Balaban J connectivity index is 2.17. The topological polar surface area (TPSA) is 93.0 Å². The minimum Gasteiger partial charge on any atom is -0.497 e. The average molecular weight is 260 g/mol. The molecule has 0 bridgehead atoms. The van der Waals surface area contributed by atoms with E-state index in [2.05, 4.69) is 15.5 Å². The molecular weight excluding hydrogens is 244 g/mol. The molecule has 1 aromatic heterocycles. The van der Waals surface area contributed by atoms with Crippen LogP contribution in [0.3, 0.4) is 0 Å². The number of ether oxygens (including phenoxy) is 1. The number of aromatic nitrogens is 2. The normalized spacial score (nSPS) is 10.2. The molecule has 0 atom stereocenters. The maximum atomic E-state index is 12.1. The van der Waals surface area contributed by atoms with E-state index in [1.807, 2.05) is 6.92 Å². The van der Waals surface area contributed by atoms with Crippen LogP contribution in [0.5, 0.6) is 5.75 Å². The van der Waals surface area contributed by atoms with Gasteiger partial charge in [-0.25, -0.2) is 0 Å². The fourth-order valence-corrected chi connectivity index (χ4v) is 1.67. The molecule has 0 spiro atoms. The van der Waals surface area contributed by atoms with Gasteiger partial charge in [-0.3, -0.25) is 9.89 Å². The van der Waals surface area contributed by atoms with E-state index in [1.165, 1.54) is 7.11 Å². The van der Waals surface area contributed by atoms with E-state index in [-0.39, 0.29) is 5.91 Å². The highest BCUT2D eigenvalue weighted by Gasteiger charge is 2.10. The minimum absolute atomic E-state index is 0.278. The lowest BCUT2D eigenvalue weighted by molar-refractivity contribution is 0.102. The van der Waals surface area contributed by atoms with E-state index >= 15 is 0 Å². The van der Waals surface area contributed by atoms with Gasteiger partial charge in [-0.2, -0.15) is 5.10 Å². The van der Waals surface area contributed by atoms with E-state index in [0.29, 0.717) is 22.8 Å². The zero-order valence-corrected chi connectivity index (χ0v) is 10.9. The van der Waals surface area contributed by atoms with Gasteiger partial charge >= 0.3 is 0 Å². The SMILES string of the molecule is CCc1cc(NC(=O)c2cc(N)cc(OC)c2)n[nH]1. The molecule has 4 N–H and O–H groups in total.